The van der Waals surface area contributed by atoms with Crippen molar-refractivity contribution in [3.05, 3.63) is 22.8 Å². The van der Waals surface area contributed by atoms with Gasteiger partial charge in [-0.25, -0.2) is 4.98 Å². The lowest BCUT2D eigenvalue weighted by Gasteiger charge is -2.22. The summed E-state index contributed by atoms with van der Waals surface area (Å²) < 4.78 is 0. The number of carbonyl (C=O) groups is 2. The van der Waals surface area contributed by atoms with Gasteiger partial charge in [-0.05, 0) is 32.4 Å². The zero-order valence-corrected chi connectivity index (χ0v) is 12.5. The monoisotopic (exact) mass is 298 g/mol. The normalized spacial score (nSPS) is 11.0. The van der Waals surface area contributed by atoms with Crippen LogP contribution >= 0.6 is 11.6 Å². The number of rotatable bonds is 6. The predicted molar refractivity (Wildman–Crippen MR) is 78.8 cm³/mol. The van der Waals surface area contributed by atoms with Gasteiger partial charge >= 0.3 is 0 Å². The molecule has 110 valence electrons. The Kier molecular flexibility index (Phi) is 5.33. The number of primary amides is 1. The van der Waals surface area contributed by atoms with Crippen LogP contribution in [0.4, 0.5) is 5.82 Å². The highest BCUT2D eigenvalue weighted by atomic mass is 35.5. The molecule has 2 amide bonds. The standard InChI is InChI=1S/C13H19ClN4O2/c1-4-5-16-10-7-8(6-9(14)17-10)11(19)18-13(2,3)12(15)20/h6-7H,4-5H2,1-3H3,(H2,15,20)(H,16,17)(H,18,19). The second-order valence-corrected chi connectivity index (χ2v) is 5.32. The van der Waals surface area contributed by atoms with Gasteiger partial charge in [0.25, 0.3) is 5.91 Å². The van der Waals surface area contributed by atoms with Gasteiger partial charge in [0, 0.05) is 12.1 Å². The second-order valence-electron chi connectivity index (χ2n) is 4.93. The third-order valence-corrected chi connectivity index (χ3v) is 2.85. The van der Waals surface area contributed by atoms with E-state index in [1.165, 1.54) is 19.9 Å². The Balaban J connectivity index is 2.93. The number of pyridine rings is 1. The number of anilines is 1. The molecule has 0 aliphatic rings. The zero-order valence-electron chi connectivity index (χ0n) is 11.8. The number of amides is 2. The first-order valence-corrected chi connectivity index (χ1v) is 6.68. The quantitative estimate of drug-likeness (QED) is 0.694. The van der Waals surface area contributed by atoms with E-state index in [1.807, 2.05) is 6.92 Å². The fourth-order valence-electron chi connectivity index (χ4n) is 1.39. The number of halogens is 1. The maximum absolute atomic E-state index is 12.1. The van der Waals surface area contributed by atoms with Gasteiger partial charge in [0.05, 0.1) is 0 Å². The van der Waals surface area contributed by atoms with Crippen LogP contribution in [0.2, 0.25) is 5.15 Å². The van der Waals surface area contributed by atoms with E-state index in [0.29, 0.717) is 11.4 Å². The van der Waals surface area contributed by atoms with E-state index >= 15 is 0 Å². The molecular weight excluding hydrogens is 280 g/mol. The number of carbonyl (C=O) groups excluding carboxylic acids is 2. The van der Waals surface area contributed by atoms with E-state index < -0.39 is 17.4 Å². The highest BCUT2D eigenvalue weighted by Crippen LogP contribution is 2.15. The number of nitrogens with one attached hydrogen (secondary N) is 2. The molecule has 7 heteroatoms. The van der Waals surface area contributed by atoms with E-state index in [-0.39, 0.29) is 5.15 Å². The fourth-order valence-corrected chi connectivity index (χ4v) is 1.60. The van der Waals surface area contributed by atoms with Gasteiger partial charge < -0.3 is 16.4 Å². The number of nitrogens with two attached hydrogens (primary N) is 1. The average molecular weight is 299 g/mol. The minimum absolute atomic E-state index is 0.202. The third kappa shape index (κ3) is 4.38. The molecule has 4 N–H and O–H groups in total. The van der Waals surface area contributed by atoms with Crippen molar-refractivity contribution in [3.63, 3.8) is 0 Å². The first-order valence-electron chi connectivity index (χ1n) is 6.30. The van der Waals surface area contributed by atoms with Gasteiger partial charge in [-0.3, -0.25) is 9.59 Å². The summed E-state index contributed by atoms with van der Waals surface area (Å²) in [5.74, 6) is -0.533. The first kappa shape index (κ1) is 16.2. The molecule has 0 aromatic carbocycles. The summed E-state index contributed by atoms with van der Waals surface area (Å²) in [7, 11) is 0. The SMILES string of the molecule is CCCNc1cc(C(=O)NC(C)(C)C(N)=O)cc(Cl)n1. The molecule has 0 saturated heterocycles. The molecule has 1 aromatic rings. The summed E-state index contributed by atoms with van der Waals surface area (Å²) in [6.45, 7) is 5.81. The average Bonchev–Trinajstić information content (AvgIpc) is 2.35. The van der Waals surface area contributed by atoms with Crippen LogP contribution in [0, 0.1) is 0 Å². The van der Waals surface area contributed by atoms with Gasteiger partial charge in [-0.15, -0.1) is 0 Å². The van der Waals surface area contributed by atoms with Crippen molar-refractivity contribution in [3.8, 4) is 0 Å². The molecule has 0 radical (unpaired) electrons. The van der Waals surface area contributed by atoms with Crippen molar-refractivity contribution < 1.29 is 9.59 Å². The molecule has 0 bridgehead atoms. The van der Waals surface area contributed by atoms with Crippen LogP contribution in [0.25, 0.3) is 0 Å². The van der Waals surface area contributed by atoms with Crippen LogP contribution in [0.5, 0.6) is 0 Å². The minimum atomic E-state index is -1.14. The molecule has 0 aliphatic heterocycles. The van der Waals surface area contributed by atoms with E-state index in [0.717, 1.165) is 13.0 Å². The number of hydrogen-bond acceptors (Lipinski definition) is 4. The topological polar surface area (TPSA) is 97.1 Å². The Morgan fingerprint density at radius 2 is 2.05 bits per heavy atom. The maximum Gasteiger partial charge on any atom is 0.252 e. The van der Waals surface area contributed by atoms with E-state index in [1.54, 1.807) is 6.07 Å². The lowest BCUT2D eigenvalue weighted by Crippen LogP contribution is -2.53. The molecule has 0 aliphatic carbocycles. The molecule has 6 nitrogen and oxygen atoms in total. The molecule has 0 atom stereocenters. The molecule has 1 aromatic heterocycles. The molecule has 0 saturated carbocycles. The van der Waals surface area contributed by atoms with Crippen molar-refractivity contribution in [1.29, 1.82) is 0 Å². The summed E-state index contributed by atoms with van der Waals surface area (Å²) in [6, 6.07) is 3.01. The van der Waals surface area contributed by atoms with Crippen LogP contribution in [0.3, 0.4) is 0 Å². The highest BCUT2D eigenvalue weighted by Gasteiger charge is 2.27. The summed E-state index contributed by atoms with van der Waals surface area (Å²) in [4.78, 5) is 27.4. The Morgan fingerprint density at radius 3 is 2.60 bits per heavy atom. The van der Waals surface area contributed by atoms with Crippen molar-refractivity contribution in [1.82, 2.24) is 10.3 Å². The number of nitrogens with zero attached hydrogens (tertiary/aromatic N) is 1. The molecule has 20 heavy (non-hydrogen) atoms. The molecule has 1 heterocycles. The Labute approximate surface area is 123 Å². The van der Waals surface area contributed by atoms with E-state index in [9.17, 15) is 9.59 Å². The maximum atomic E-state index is 12.1. The largest absolute Gasteiger partial charge is 0.370 e. The third-order valence-electron chi connectivity index (χ3n) is 2.65. The van der Waals surface area contributed by atoms with Crippen LogP contribution in [0.15, 0.2) is 12.1 Å². The van der Waals surface area contributed by atoms with Crippen molar-refractivity contribution in [2.45, 2.75) is 32.7 Å². The summed E-state index contributed by atoms with van der Waals surface area (Å²) in [5.41, 5.74) is 4.40. The van der Waals surface area contributed by atoms with Crippen molar-refractivity contribution in [2.24, 2.45) is 5.73 Å². The summed E-state index contributed by atoms with van der Waals surface area (Å²) in [5, 5.41) is 5.81. The van der Waals surface area contributed by atoms with E-state index in [2.05, 4.69) is 15.6 Å². The van der Waals surface area contributed by atoms with Gasteiger partial charge in [0.1, 0.15) is 16.5 Å². The zero-order chi connectivity index (χ0) is 15.3. The molecular formula is C13H19ClN4O2. The molecule has 0 fully saturated rings. The Morgan fingerprint density at radius 1 is 1.40 bits per heavy atom. The van der Waals surface area contributed by atoms with Crippen molar-refractivity contribution >= 4 is 29.2 Å². The van der Waals surface area contributed by atoms with Gasteiger partial charge in [-0.1, -0.05) is 18.5 Å². The minimum Gasteiger partial charge on any atom is -0.370 e. The molecule has 0 spiro atoms. The van der Waals surface area contributed by atoms with Crippen LogP contribution in [-0.4, -0.2) is 28.9 Å². The summed E-state index contributed by atoms with van der Waals surface area (Å²) in [6.07, 6.45) is 0.921. The van der Waals surface area contributed by atoms with Gasteiger partial charge in [-0.2, -0.15) is 0 Å². The second kappa shape index (κ2) is 6.56. The smallest absolute Gasteiger partial charge is 0.252 e. The molecule has 0 unspecified atom stereocenters. The number of aromatic nitrogens is 1. The van der Waals surface area contributed by atoms with Crippen LogP contribution in [-0.2, 0) is 4.79 Å². The first-order chi connectivity index (χ1) is 9.26. The lowest BCUT2D eigenvalue weighted by atomic mass is 10.0. The van der Waals surface area contributed by atoms with E-state index in [4.69, 9.17) is 17.3 Å². The Hall–Kier alpha value is -1.82. The Bertz CT molecular complexity index is 517. The van der Waals surface area contributed by atoms with Crippen LogP contribution in [0.1, 0.15) is 37.6 Å². The fraction of sp³-hybridized carbons (Fsp3) is 0.462. The lowest BCUT2D eigenvalue weighted by molar-refractivity contribution is -0.122. The van der Waals surface area contributed by atoms with Gasteiger partial charge in [0.15, 0.2) is 0 Å². The van der Waals surface area contributed by atoms with Crippen molar-refractivity contribution in [2.75, 3.05) is 11.9 Å². The predicted octanol–water partition coefficient (Wildman–Crippen LogP) is 1.55. The number of hydrogen-bond donors (Lipinski definition) is 3. The van der Waals surface area contributed by atoms with Gasteiger partial charge in [0.2, 0.25) is 5.91 Å². The van der Waals surface area contributed by atoms with Crippen LogP contribution < -0.4 is 16.4 Å². The summed E-state index contributed by atoms with van der Waals surface area (Å²) >= 11 is 5.88. The highest BCUT2D eigenvalue weighted by molar-refractivity contribution is 6.30. The molecule has 1 rings (SSSR count).